The fraction of sp³-hybridized carbons (Fsp3) is 0.353. The second-order valence-electron chi connectivity index (χ2n) is 6.08. The third-order valence-corrected chi connectivity index (χ3v) is 4.26. The van der Waals surface area contributed by atoms with Crippen LogP contribution < -0.4 is 0 Å². The van der Waals surface area contributed by atoms with Crippen LogP contribution >= 0.6 is 0 Å². The van der Waals surface area contributed by atoms with E-state index in [1.54, 1.807) is 0 Å². The molecule has 0 bridgehead atoms. The lowest BCUT2D eigenvalue weighted by Gasteiger charge is -2.17. The van der Waals surface area contributed by atoms with E-state index in [0.29, 0.717) is 0 Å². The van der Waals surface area contributed by atoms with Gasteiger partial charge in [-0.1, -0.05) is 0 Å². The Kier molecular flexibility index (Phi) is 4.71. The molecular weight excluding hydrogens is 353 g/mol. The summed E-state index contributed by atoms with van der Waals surface area (Å²) in [6, 6.07) is 3.03. The maximum Gasteiger partial charge on any atom is 0.343 e. The predicted octanol–water partition coefficient (Wildman–Crippen LogP) is 2.58. The molecule has 1 N–H and O–H groups in total. The third kappa shape index (κ3) is 3.56. The number of carboxylic acids is 1. The number of hydrogen-bond donors (Lipinski definition) is 1. The van der Waals surface area contributed by atoms with E-state index in [-0.39, 0.29) is 43.0 Å². The molecule has 138 valence electrons. The summed E-state index contributed by atoms with van der Waals surface area (Å²) in [5.41, 5.74) is -2.37. The molecule has 0 aliphatic carbocycles. The SMILES string of the molecule is O=C(CCc1ncc(-c2ccc(F)cc2F)o1)N1CCC(F)(C(=O)O)C1. The fourth-order valence-electron chi connectivity index (χ4n) is 2.77. The lowest BCUT2D eigenvalue weighted by atomic mass is 10.1. The average molecular weight is 368 g/mol. The molecular formula is C17H15F3N2O4. The number of rotatable bonds is 5. The molecule has 1 aliphatic rings. The molecule has 1 amide bonds. The van der Waals surface area contributed by atoms with Crippen molar-refractivity contribution in [3.8, 4) is 11.3 Å². The second-order valence-corrected chi connectivity index (χ2v) is 6.08. The molecule has 0 spiro atoms. The molecule has 2 heterocycles. The molecule has 6 nitrogen and oxygen atoms in total. The summed E-state index contributed by atoms with van der Waals surface area (Å²) in [6.45, 7) is -0.460. The van der Waals surface area contributed by atoms with Crippen molar-refractivity contribution < 1.29 is 32.3 Å². The van der Waals surface area contributed by atoms with Gasteiger partial charge in [0.05, 0.1) is 18.3 Å². The highest BCUT2D eigenvalue weighted by molar-refractivity contribution is 5.82. The van der Waals surface area contributed by atoms with E-state index in [4.69, 9.17) is 9.52 Å². The number of benzene rings is 1. The smallest absolute Gasteiger partial charge is 0.343 e. The van der Waals surface area contributed by atoms with Crippen molar-refractivity contribution in [1.29, 1.82) is 0 Å². The largest absolute Gasteiger partial charge is 0.479 e. The van der Waals surface area contributed by atoms with Crippen molar-refractivity contribution in [2.24, 2.45) is 0 Å². The second kappa shape index (κ2) is 6.81. The van der Waals surface area contributed by atoms with Gasteiger partial charge in [0.1, 0.15) is 11.6 Å². The number of halogens is 3. The molecule has 9 heteroatoms. The number of aromatic nitrogens is 1. The summed E-state index contributed by atoms with van der Waals surface area (Å²) in [7, 11) is 0. The summed E-state index contributed by atoms with van der Waals surface area (Å²) in [6.07, 6.45) is 1.05. The van der Waals surface area contributed by atoms with Gasteiger partial charge in [0.15, 0.2) is 11.7 Å². The van der Waals surface area contributed by atoms with E-state index in [0.717, 1.165) is 17.0 Å². The Labute approximate surface area is 146 Å². The van der Waals surface area contributed by atoms with Crippen LogP contribution in [-0.2, 0) is 16.0 Å². The Balaban J connectivity index is 1.60. The molecule has 26 heavy (non-hydrogen) atoms. The van der Waals surface area contributed by atoms with Gasteiger partial charge < -0.3 is 14.4 Å². The number of hydrogen-bond acceptors (Lipinski definition) is 4. The molecule has 3 rings (SSSR count). The first-order chi connectivity index (χ1) is 12.3. The van der Waals surface area contributed by atoms with Gasteiger partial charge in [0.2, 0.25) is 11.6 Å². The first-order valence-electron chi connectivity index (χ1n) is 7.89. The van der Waals surface area contributed by atoms with E-state index in [1.807, 2.05) is 0 Å². The molecule has 1 aliphatic heterocycles. The summed E-state index contributed by atoms with van der Waals surface area (Å²) < 4.78 is 46.0. The number of aryl methyl sites for hydroxylation is 1. The zero-order valence-corrected chi connectivity index (χ0v) is 13.5. The van der Waals surface area contributed by atoms with Gasteiger partial charge in [0.25, 0.3) is 0 Å². The fourth-order valence-corrected chi connectivity index (χ4v) is 2.77. The first-order valence-corrected chi connectivity index (χ1v) is 7.89. The van der Waals surface area contributed by atoms with Crippen LogP contribution in [0.4, 0.5) is 13.2 Å². The Morgan fingerprint density at radius 2 is 2.12 bits per heavy atom. The standard InChI is InChI=1S/C17H15F3N2O4/c18-10-1-2-11(12(19)7-10)13-8-21-14(26-13)3-4-15(23)22-6-5-17(20,9-22)16(24)25/h1-2,7-8H,3-6,9H2,(H,24,25). The Morgan fingerprint density at radius 3 is 2.77 bits per heavy atom. The van der Waals surface area contributed by atoms with Gasteiger partial charge in [-0.2, -0.15) is 0 Å². The lowest BCUT2D eigenvalue weighted by molar-refractivity contribution is -0.150. The van der Waals surface area contributed by atoms with Crippen molar-refractivity contribution in [3.05, 3.63) is 41.9 Å². The number of aliphatic carboxylic acids is 1. The van der Waals surface area contributed by atoms with Crippen LogP contribution in [0.1, 0.15) is 18.7 Å². The summed E-state index contributed by atoms with van der Waals surface area (Å²) >= 11 is 0. The molecule has 2 aromatic rings. The van der Waals surface area contributed by atoms with Crippen molar-refractivity contribution in [1.82, 2.24) is 9.88 Å². The highest BCUT2D eigenvalue weighted by atomic mass is 19.1. The van der Waals surface area contributed by atoms with Crippen molar-refractivity contribution >= 4 is 11.9 Å². The summed E-state index contributed by atoms with van der Waals surface area (Å²) in [4.78, 5) is 28.1. The van der Waals surface area contributed by atoms with Crippen LogP contribution in [0.25, 0.3) is 11.3 Å². The minimum Gasteiger partial charge on any atom is -0.479 e. The topological polar surface area (TPSA) is 83.6 Å². The number of amides is 1. The predicted molar refractivity (Wildman–Crippen MR) is 82.8 cm³/mol. The maximum atomic E-state index is 14.0. The van der Waals surface area contributed by atoms with Crippen molar-refractivity contribution in [2.45, 2.75) is 24.9 Å². The monoisotopic (exact) mass is 368 g/mol. The minimum absolute atomic E-state index is 0.0270. The van der Waals surface area contributed by atoms with Gasteiger partial charge in [-0.3, -0.25) is 4.79 Å². The Hall–Kier alpha value is -2.84. The van der Waals surface area contributed by atoms with Gasteiger partial charge >= 0.3 is 5.97 Å². The number of oxazole rings is 1. The molecule has 1 unspecified atom stereocenters. The lowest BCUT2D eigenvalue weighted by Crippen LogP contribution is -2.38. The van der Waals surface area contributed by atoms with Crippen LogP contribution in [0.15, 0.2) is 28.8 Å². The van der Waals surface area contributed by atoms with Crippen LogP contribution in [0.3, 0.4) is 0 Å². The number of carboxylic acid groups (broad SMARTS) is 1. The number of likely N-dealkylation sites (tertiary alicyclic amines) is 1. The van der Waals surface area contributed by atoms with Gasteiger partial charge in [-0.15, -0.1) is 0 Å². The molecule has 1 atom stereocenters. The van der Waals surface area contributed by atoms with Gasteiger partial charge in [-0.05, 0) is 12.1 Å². The molecule has 1 aromatic carbocycles. The highest BCUT2D eigenvalue weighted by Crippen LogP contribution is 2.27. The number of carbonyl (C=O) groups is 2. The molecule has 1 saturated heterocycles. The van der Waals surface area contributed by atoms with Crippen LogP contribution in [-0.4, -0.2) is 45.6 Å². The summed E-state index contributed by atoms with van der Waals surface area (Å²) in [5, 5.41) is 8.84. The average Bonchev–Trinajstić information content (AvgIpc) is 3.20. The highest BCUT2D eigenvalue weighted by Gasteiger charge is 2.46. The molecule has 0 radical (unpaired) electrons. The van der Waals surface area contributed by atoms with E-state index < -0.39 is 35.7 Å². The first kappa shape index (κ1) is 18.0. The Bertz CT molecular complexity index is 854. The third-order valence-electron chi connectivity index (χ3n) is 4.26. The zero-order chi connectivity index (χ0) is 18.9. The summed E-state index contributed by atoms with van der Waals surface area (Å²) in [5.74, 6) is -3.24. The molecule has 1 aromatic heterocycles. The van der Waals surface area contributed by atoms with Gasteiger partial charge in [0, 0.05) is 31.9 Å². The van der Waals surface area contributed by atoms with Crippen LogP contribution in [0.5, 0.6) is 0 Å². The number of nitrogens with zero attached hydrogens (tertiary/aromatic N) is 2. The van der Waals surface area contributed by atoms with E-state index in [1.165, 1.54) is 12.3 Å². The Morgan fingerprint density at radius 1 is 1.35 bits per heavy atom. The normalized spacial score (nSPS) is 19.7. The van der Waals surface area contributed by atoms with E-state index in [2.05, 4.69) is 4.98 Å². The van der Waals surface area contributed by atoms with Crippen LogP contribution in [0, 0.1) is 11.6 Å². The molecule has 0 saturated carbocycles. The number of alkyl halides is 1. The maximum absolute atomic E-state index is 14.0. The van der Waals surface area contributed by atoms with E-state index >= 15 is 0 Å². The quantitative estimate of drug-likeness (QED) is 0.877. The van der Waals surface area contributed by atoms with Crippen molar-refractivity contribution in [2.75, 3.05) is 13.1 Å². The molecule has 1 fully saturated rings. The van der Waals surface area contributed by atoms with Crippen molar-refractivity contribution in [3.63, 3.8) is 0 Å². The number of carbonyl (C=O) groups excluding carboxylic acids is 1. The minimum atomic E-state index is -2.41. The van der Waals surface area contributed by atoms with Gasteiger partial charge in [-0.25, -0.2) is 22.9 Å². The van der Waals surface area contributed by atoms with E-state index in [9.17, 15) is 22.8 Å². The zero-order valence-electron chi connectivity index (χ0n) is 13.5. The van der Waals surface area contributed by atoms with Crippen LogP contribution in [0.2, 0.25) is 0 Å².